The van der Waals surface area contributed by atoms with E-state index in [1.165, 1.54) is 11.3 Å². The highest BCUT2D eigenvalue weighted by molar-refractivity contribution is 7.18. The first-order valence-corrected chi connectivity index (χ1v) is 10.3. The number of nitrogens with zero attached hydrogens (tertiary/aromatic N) is 3. The van der Waals surface area contributed by atoms with Crippen LogP contribution in [0.1, 0.15) is 44.6 Å². The first-order chi connectivity index (χ1) is 13.4. The number of para-hydroxylation sites is 1. The van der Waals surface area contributed by atoms with Gasteiger partial charge < -0.3 is 4.74 Å². The Hall–Kier alpha value is -2.51. The fourth-order valence-electron chi connectivity index (χ4n) is 3.31. The van der Waals surface area contributed by atoms with Crippen molar-refractivity contribution in [3.8, 4) is 5.69 Å². The van der Waals surface area contributed by atoms with Gasteiger partial charge >= 0.3 is 0 Å². The zero-order valence-corrected chi connectivity index (χ0v) is 17.4. The predicted molar refractivity (Wildman–Crippen MR) is 115 cm³/mol. The van der Waals surface area contributed by atoms with Gasteiger partial charge in [0.25, 0.3) is 5.56 Å². The minimum Gasteiger partial charge on any atom is -0.370 e. The number of ether oxygens (including phenoxy) is 1. The second kappa shape index (κ2) is 7.14. The molecule has 6 nitrogen and oxygen atoms in total. The first kappa shape index (κ1) is 18.8. The maximum absolute atomic E-state index is 13.6. The minimum absolute atomic E-state index is 0.0711. The zero-order valence-electron chi connectivity index (χ0n) is 16.6. The van der Waals surface area contributed by atoms with Crippen LogP contribution in [0.3, 0.4) is 0 Å². The molecule has 0 amide bonds. The van der Waals surface area contributed by atoms with Gasteiger partial charge in [0.1, 0.15) is 4.83 Å². The quantitative estimate of drug-likeness (QED) is 0.521. The number of aromatic nitrogens is 2. The van der Waals surface area contributed by atoms with E-state index in [-0.39, 0.29) is 11.2 Å². The van der Waals surface area contributed by atoms with Crippen LogP contribution in [0.2, 0.25) is 0 Å². The van der Waals surface area contributed by atoms with E-state index in [9.17, 15) is 4.79 Å². The summed E-state index contributed by atoms with van der Waals surface area (Å²) in [6.45, 7) is 8.61. The van der Waals surface area contributed by atoms with Gasteiger partial charge in [-0.25, -0.2) is 15.0 Å². The molecule has 1 aromatic carbocycles. The summed E-state index contributed by atoms with van der Waals surface area (Å²) in [5.41, 5.74) is 5.42. The summed E-state index contributed by atoms with van der Waals surface area (Å²) in [4.78, 5) is 20.2. The van der Waals surface area contributed by atoms with Gasteiger partial charge in [-0.1, -0.05) is 25.1 Å². The SMILES string of the molecule is CC/C(C)=N/Nc1nc2sc3c(c2c(=O)n1-c1ccccc1)CC(C)(C)OC3. The third-order valence-corrected chi connectivity index (χ3v) is 6.08. The van der Waals surface area contributed by atoms with Crippen molar-refractivity contribution in [1.82, 2.24) is 9.55 Å². The lowest BCUT2D eigenvalue weighted by Gasteiger charge is -2.29. The Labute approximate surface area is 167 Å². The Morgan fingerprint density at radius 1 is 1.36 bits per heavy atom. The van der Waals surface area contributed by atoms with Crippen LogP contribution in [0.4, 0.5) is 5.95 Å². The van der Waals surface area contributed by atoms with Crippen molar-refractivity contribution in [3.05, 3.63) is 51.1 Å². The molecule has 0 spiro atoms. The maximum Gasteiger partial charge on any atom is 0.268 e. The van der Waals surface area contributed by atoms with Crippen molar-refractivity contribution in [3.63, 3.8) is 0 Å². The van der Waals surface area contributed by atoms with Crippen molar-refractivity contribution in [2.24, 2.45) is 5.10 Å². The fraction of sp³-hybridized carbons (Fsp3) is 0.381. The first-order valence-electron chi connectivity index (χ1n) is 9.45. The molecule has 7 heteroatoms. The molecule has 0 saturated heterocycles. The lowest BCUT2D eigenvalue weighted by Crippen LogP contribution is -2.32. The molecule has 0 bridgehead atoms. The average Bonchev–Trinajstić information content (AvgIpc) is 3.03. The summed E-state index contributed by atoms with van der Waals surface area (Å²) in [6.07, 6.45) is 1.53. The van der Waals surface area contributed by atoms with E-state index in [1.54, 1.807) is 4.57 Å². The van der Waals surface area contributed by atoms with Crippen LogP contribution < -0.4 is 11.0 Å². The van der Waals surface area contributed by atoms with E-state index < -0.39 is 0 Å². The Morgan fingerprint density at radius 3 is 2.82 bits per heavy atom. The van der Waals surface area contributed by atoms with Crippen molar-refractivity contribution >= 4 is 33.2 Å². The normalized spacial score (nSPS) is 16.2. The third-order valence-electron chi connectivity index (χ3n) is 4.98. The monoisotopic (exact) mass is 396 g/mol. The Morgan fingerprint density at radius 2 is 2.11 bits per heavy atom. The van der Waals surface area contributed by atoms with E-state index in [4.69, 9.17) is 9.72 Å². The van der Waals surface area contributed by atoms with Gasteiger partial charge in [-0.3, -0.25) is 4.79 Å². The van der Waals surface area contributed by atoms with Crippen LogP contribution >= 0.6 is 11.3 Å². The summed E-state index contributed by atoms with van der Waals surface area (Å²) in [7, 11) is 0. The summed E-state index contributed by atoms with van der Waals surface area (Å²) in [5.74, 6) is 0.426. The lowest BCUT2D eigenvalue weighted by molar-refractivity contribution is -0.0379. The number of fused-ring (bicyclic) bond motifs is 3. The summed E-state index contributed by atoms with van der Waals surface area (Å²) < 4.78 is 7.55. The molecule has 0 aliphatic carbocycles. The molecule has 0 unspecified atom stereocenters. The molecule has 1 N–H and O–H groups in total. The van der Waals surface area contributed by atoms with Gasteiger partial charge in [-0.05, 0) is 44.9 Å². The van der Waals surface area contributed by atoms with E-state index in [0.717, 1.165) is 33.1 Å². The number of benzene rings is 1. The molecule has 146 valence electrons. The highest BCUT2D eigenvalue weighted by Crippen LogP contribution is 2.37. The molecule has 28 heavy (non-hydrogen) atoms. The highest BCUT2D eigenvalue weighted by atomic mass is 32.1. The predicted octanol–water partition coefficient (Wildman–Crippen LogP) is 4.50. The van der Waals surface area contributed by atoms with Gasteiger partial charge in [0, 0.05) is 17.0 Å². The van der Waals surface area contributed by atoms with E-state index in [2.05, 4.69) is 24.4 Å². The molecular weight excluding hydrogens is 372 g/mol. The number of hydrogen-bond acceptors (Lipinski definition) is 6. The molecule has 3 aromatic rings. The molecular formula is C21H24N4O2S. The Balaban J connectivity index is 1.97. The molecule has 1 aliphatic rings. The number of anilines is 1. The van der Waals surface area contributed by atoms with Gasteiger partial charge in [0.05, 0.1) is 23.3 Å². The molecule has 3 heterocycles. The van der Waals surface area contributed by atoms with Crippen molar-refractivity contribution in [1.29, 1.82) is 0 Å². The Bertz CT molecular complexity index is 1110. The van der Waals surface area contributed by atoms with Gasteiger partial charge in [0.2, 0.25) is 5.95 Å². The molecule has 2 aromatic heterocycles. The number of hydrazone groups is 1. The number of rotatable bonds is 4. The summed E-state index contributed by atoms with van der Waals surface area (Å²) >= 11 is 1.53. The van der Waals surface area contributed by atoms with Crippen LogP contribution in [0, 0.1) is 0 Å². The lowest BCUT2D eigenvalue weighted by atomic mass is 9.94. The zero-order chi connectivity index (χ0) is 19.9. The van der Waals surface area contributed by atoms with E-state index in [0.29, 0.717) is 24.4 Å². The van der Waals surface area contributed by atoms with E-state index >= 15 is 0 Å². The molecule has 0 radical (unpaired) electrons. The van der Waals surface area contributed by atoms with Crippen molar-refractivity contribution in [2.45, 2.75) is 52.7 Å². The Kier molecular flexibility index (Phi) is 4.81. The van der Waals surface area contributed by atoms with Crippen LogP contribution in [0.15, 0.2) is 40.2 Å². The minimum atomic E-state index is -0.287. The second-order valence-electron chi connectivity index (χ2n) is 7.63. The fourth-order valence-corrected chi connectivity index (χ4v) is 4.40. The van der Waals surface area contributed by atoms with Crippen molar-refractivity contribution in [2.75, 3.05) is 5.43 Å². The molecule has 0 saturated carbocycles. The molecule has 0 atom stereocenters. The van der Waals surface area contributed by atoms with Gasteiger partial charge in [0.15, 0.2) is 0 Å². The average molecular weight is 397 g/mol. The maximum atomic E-state index is 13.6. The number of hydrogen-bond donors (Lipinski definition) is 1. The molecule has 1 aliphatic heterocycles. The van der Waals surface area contributed by atoms with E-state index in [1.807, 2.05) is 44.2 Å². The van der Waals surface area contributed by atoms with Gasteiger partial charge in [-0.15, -0.1) is 11.3 Å². The largest absolute Gasteiger partial charge is 0.370 e. The van der Waals surface area contributed by atoms with Crippen LogP contribution in [0.25, 0.3) is 15.9 Å². The second-order valence-corrected chi connectivity index (χ2v) is 8.72. The van der Waals surface area contributed by atoms with Crippen LogP contribution in [-0.2, 0) is 17.8 Å². The highest BCUT2D eigenvalue weighted by Gasteiger charge is 2.31. The van der Waals surface area contributed by atoms with Crippen molar-refractivity contribution < 1.29 is 4.74 Å². The topological polar surface area (TPSA) is 68.5 Å². The summed E-state index contributed by atoms with van der Waals surface area (Å²) in [5, 5.41) is 5.07. The van der Waals surface area contributed by atoms with Crippen LogP contribution in [-0.4, -0.2) is 20.9 Å². The smallest absolute Gasteiger partial charge is 0.268 e. The molecule has 4 rings (SSSR count). The third kappa shape index (κ3) is 3.36. The van der Waals surface area contributed by atoms with Crippen LogP contribution in [0.5, 0.6) is 0 Å². The number of nitrogens with one attached hydrogen (secondary N) is 1. The number of thiophene rings is 1. The standard InChI is InChI=1S/C21H24N4O2S/c1-5-13(2)23-24-20-22-18-17(15-11-21(3,4)27-12-16(15)28-18)19(26)25(20)14-9-7-6-8-10-14/h6-10H,5,11-12H2,1-4H3,(H,22,24)/b23-13+. The van der Waals surface area contributed by atoms with Gasteiger partial charge in [-0.2, -0.15) is 5.10 Å². The summed E-state index contributed by atoms with van der Waals surface area (Å²) in [6, 6.07) is 9.57. The molecule has 0 fully saturated rings.